The van der Waals surface area contributed by atoms with Gasteiger partial charge in [-0.3, -0.25) is 4.68 Å². The van der Waals surface area contributed by atoms with Crippen LogP contribution in [0, 0.1) is 0 Å². The van der Waals surface area contributed by atoms with Crippen LogP contribution in [0.1, 0.15) is 38.4 Å². The fourth-order valence-corrected chi connectivity index (χ4v) is 4.33. The van der Waals surface area contributed by atoms with Crippen LogP contribution in [0.4, 0.5) is 11.6 Å². The molecule has 3 aromatic heterocycles. The molecule has 2 N–H and O–H groups in total. The lowest BCUT2D eigenvalue weighted by Gasteiger charge is -2.37. The number of aryl methyl sites for hydroxylation is 1. The minimum Gasteiger partial charge on any atom is -0.494 e. The van der Waals surface area contributed by atoms with Gasteiger partial charge >= 0.3 is 0 Å². The summed E-state index contributed by atoms with van der Waals surface area (Å²) in [7, 11) is 1.63. The van der Waals surface area contributed by atoms with Crippen molar-refractivity contribution in [3.63, 3.8) is 0 Å². The van der Waals surface area contributed by atoms with E-state index in [0.29, 0.717) is 23.3 Å². The number of ether oxygens (including phenoxy) is 1. The van der Waals surface area contributed by atoms with Gasteiger partial charge in [-0.2, -0.15) is 9.61 Å². The number of methoxy groups -OCH3 is 1. The highest BCUT2D eigenvalue weighted by atomic mass is 16.5. The van der Waals surface area contributed by atoms with Crippen LogP contribution < -0.4 is 15.4 Å². The molecular weight excluding hydrogens is 380 g/mol. The Morgan fingerprint density at radius 3 is 2.87 bits per heavy atom. The molecule has 4 heterocycles. The van der Waals surface area contributed by atoms with Crippen molar-refractivity contribution in [2.45, 2.75) is 45.2 Å². The predicted molar refractivity (Wildman–Crippen MR) is 116 cm³/mol. The van der Waals surface area contributed by atoms with Crippen molar-refractivity contribution in [3.05, 3.63) is 36.4 Å². The Hall–Kier alpha value is -3.36. The maximum atomic E-state index is 6.22. The molecule has 156 valence electrons. The Morgan fingerprint density at radius 2 is 2.10 bits per heavy atom. The lowest BCUT2D eigenvalue weighted by atomic mass is 9.92. The molecule has 9 nitrogen and oxygen atoms in total. The van der Waals surface area contributed by atoms with Gasteiger partial charge in [0.05, 0.1) is 19.0 Å². The number of nitrogen functional groups attached to an aromatic ring is 1. The molecule has 2 atom stereocenters. The Labute approximate surface area is 174 Å². The summed E-state index contributed by atoms with van der Waals surface area (Å²) in [4.78, 5) is 11.8. The average Bonchev–Trinajstić information content (AvgIpc) is 3.42. The van der Waals surface area contributed by atoms with E-state index in [1.807, 2.05) is 29.1 Å². The fourth-order valence-electron chi connectivity index (χ4n) is 4.33. The number of hydrogen-bond donors (Lipinski definition) is 1. The molecule has 4 aromatic rings. The fraction of sp³-hybridized carbons (Fsp3) is 0.429. The van der Waals surface area contributed by atoms with Crippen LogP contribution in [0.5, 0.6) is 5.75 Å². The Bertz CT molecular complexity index is 1210. The zero-order valence-corrected chi connectivity index (χ0v) is 17.5. The number of anilines is 2. The second kappa shape index (κ2) is 7.16. The van der Waals surface area contributed by atoms with Gasteiger partial charge in [-0.25, -0.2) is 9.97 Å². The summed E-state index contributed by atoms with van der Waals surface area (Å²) in [5.41, 5.74) is 8.79. The van der Waals surface area contributed by atoms with Crippen molar-refractivity contribution in [1.82, 2.24) is 29.4 Å². The minimum absolute atomic E-state index is 0.214. The first-order chi connectivity index (χ1) is 14.6. The smallest absolute Gasteiger partial charge is 0.223 e. The summed E-state index contributed by atoms with van der Waals surface area (Å²) in [6.45, 7) is 6.07. The molecule has 0 radical (unpaired) electrons. The van der Waals surface area contributed by atoms with Crippen LogP contribution in [0.25, 0.3) is 16.6 Å². The van der Waals surface area contributed by atoms with Gasteiger partial charge in [-0.05, 0) is 38.8 Å². The molecule has 0 bridgehead atoms. The summed E-state index contributed by atoms with van der Waals surface area (Å²) in [6, 6.07) is 6.24. The number of nitrogens with zero attached hydrogens (tertiary/aromatic N) is 7. The normalized spacial score (nSPS) is 19.6. The van der Waals surface area contributed by atoms with Gasteiger partial charge in [0.25, 0.3) is 0 Å². The molecule has 1 aromatic carbocycles. The number of rotatable bonds is 4. The molecule has 30 heavy (non-hydrogen) atoms. The number of para-hydroxylation sites is 1. The highest BCUT2D eigenvalue weighted by Crippen LogP contribution is 2.33. The molecule has 0 aliphatic carbocycles. The van der Waals surface area contributed by atoms with E-state index in [2.05, 4.69) is 35.0 Å². The van der Waals surface area contributed by atoms with Gasteiger partial charge in [0.1, 0.15) is 11.3 Å². The standard InChI is InChI=1S/C21H26N8O/c1-4-27-12-15(10-23-27)28-11-14(9-8-13(28)2)19-25-20-16-6-5-7-17(30-3)18(16)24-21(22)29(20)26-19/h5-7,10,12-14H,4,8-9,11H2,1-3H3,(H2,22,24). The molecule has 0 spiro atoms. The summed E-state index contributed by atoms with van der Waals surface area (Å²) in [5, 5.41) is 10.1. The molecule has 5 rings (SSSR count). The lowest BCUT2D eigenvalue weighted by molar-refractivity contribution is 0.419. The highest BCUT2D eigenvalue weighted by molar-refractivity contribution is 5.95. The van der Waals surface area contributed by atoms with Crippen molar-refractivity contribution in [3.8, 4) is 5.75 Å². The number of aromatic nitrogens is 6. The molecule has 9 heteroatoms. The second-order valence-electron chi connectivity index (χ2n) is 7.86. The zero-order valence-electron chi connectivity index (χ0n) is 17.5. The minimum atomic E-state index is 0.214. The summed E-state index contributed by atoms with van der Waals surface area (Å²) < 4.78 is 9.06. The summed E-state index contributed by atoms with van der Waals surface area (Å²) in [6.07, 6.45) is 6.16. The molecular formula is C21H26N8O. The van der Waals surface area contributed by atoms with Gasteiger partial charge in [0.15, 0.2) is 11.5 Å². The van der Waals surface area contributed by atoms with Crippen molar-refractivity contribution in [1.29, 1.82) is 0 Å². The van der Waals surface area contributed by atoms with Crippen LogP contribution in [0.15, 0.2) is 30.6 Å². The molecule has 0 saturated carbocycles. The number of nitrogens with two attached hydrogens (primary N) is 1. The van der Waals surface area contributed by atoms with E-state index in [1.54, 1.807) is 11.6 Å². The maximum absolute atomic E-state index is 6.22. The lowest BCUT2D eigenvalue weighted by Crippen LogP contribution is -2.41. The van der Waals surface area contributed by atoms with Crippen LogP contribution in [-0.2, 0) is 6.54 Å². The molecule has 1 aliphatic rings. The van der Waals surface area contributed by atoms with E-state index in [1.165, 1.54) is 0 Å². The number of piperidine rings is 1. The number of fused-ring (bicyclic) bond motifs is 3. The zero-order chi connectivity index (χ0) is 20.8. The monoisotopic (exact) mass is 406 g/mol. The second-order valence-corrected chi connectivity index (χ2v) is 7.86. The third kappa shape index (κ3) is 2.92. The van der Waals surface area contributed by atoms with Crippen molar-refractivity contribution < 1.29 is 4.74 Å². The Kier molecular flexibility index (Phi) is 4.45. The summed E-state index contributed by atoms with van der Waals surface area (Å²) in [5.74, 6) is 2.01. The third-order valence-corrected chi connectivity index (χ3v) is 6.05. The van der Waals surface area contributed by atoms with Crippen LogP contribution in [0.3, 0.4) is 0 Å². The van der Waals surface area contributed by atoms with Gasteiger partial charge in [-0.15, -0.1) is 5.10 Å². The van der Waals surface area contributed by atoms with E-state index in [4.69, 9.17) is 20.6 Å². The maximum Gasteiger partial charge on any atom is 0.223 e. The quantitative estimate of drug-likeness (QED) is 0.556. The molecule has 1 aliphatic heterocycles. The first-order valence-corrected chi connectivity index (χ1v) is 10.4. The van der Waals surface area contributed by atoms with E-state index >= 15 is 0 Å². The highest BCUT2D eigenvalue weighted by Gasteiger charge is 2.30. The van der Waals surface area contributed by atoms with E-state index in [-0.39, 0.29) is 5.92 Å². The van der Waals surface area contributed by atoms with E-state index < -0.39 is 0 Å². The molecule has 1 fully saturated rings. The van der Waals surface area contributed by atoms with Crippen molar-refractivity contribution >= 4 is 28.2 Å². The van der Waals surface area contributed by atoms with E-state index in [9.17, 15) is 0 Å². The van der Waals surface area contributed by atoms with Crippen molar-refractivity contribution in [2.24, 2.45) is 0 Å². The SMILES string of the molecule is CCn1cc(N2CC(c3nc4c5cccc(OC)c5nc(N)n4n3)CCC2C)cn1. The van der Waals surface area contributed by atoms with Crippen LogP contribution in [0.2, 0.25) is 0 Å². The van der Waals surface area contributed by atoms with Gasteiger partial charge in [0.2, 0.25) is 5.95 Å². The first-order valence-electron chi connectivity index (χ1n) is 10.4. The van der Waals surface area contributed by atoms with Crippen LogP contribution in [-0.4, -0.2) is 49.1 Å². The topological polar surface area (TPSA) is 99.4 Å². The largest absolute Gasteiger partial charge is 0.494 e. The van der Waals surface area contributed by atoms with Gasteiger partial charge < -0.3 is 15.4 Å². The first kappa shape index (κ1) is 18.7. The molecule has 0 amide bonds. The predicted octanol–water partition coefficient (Wildman–Crippen LogP) is 2.86. The van der Waals surface area contributed by atoms with Gasteiger partial charge in [-0.1, -0.05) is 6.07 Å². The third-order valence-electron chi connectivity index (χ3n) is 6.05. The Balaban J connectivity index is 1.54. The summed E-state index contributed by atoms with van der Waals surface area (Å²) >= 11 is 0. The number of benzene rings is 1. The van der Waals surface area contributed by atoms with Gasteiger partial charge in [0, 0.05) is 36.6 Å². The molecule has 2 unspecified atom stereocenters. The number of hydrogen-bond acceptors (Lipinski definition) is 7. The Morgan fingerprint density at radius 1 is 1.23 bits per heavy atom. The van der Waals surface area contributed by atoms with Crippen LogP contribution >= 0.6 is 0 Å². The molecule has 1 saturated heterocycles. The average molecular weight is 406 g/mol. The van der Waals surface area contributed by atoms with Crippen molar-refractivity contribution in [2.75, 3.05) is 24.3 Å². The van der Waals surface area contributed by atoms with E-state index in [0.717, 1.165) is 48.5 Å².